The maximum absolute atomic E-state index is 13.4. The van der Waals surface area contributed by atoms with E-state index in [0.717, 1.165) is 28.6 Å². The Balaban J connectivity index is 1.95. The minimum Gasteiger partial charge on any atom is -0.466 e. The highest BCUT2D eigenvalue weighted by Gasteiger charge is 2.40. The zero-order valence-electron chi connectivity index (χ0n) is 20.0. The highest BCUT2D eigenvalue weighted by molar-refractivity contribution is 7.89. The Kier molecular flexibility index (Phi) is 7.65. The molecule has 12 heteroatoms. The third kappa shape index (κ3) is 6.06. The Morgan fingerprint density at radius 2 is 1.80 bits per heavy atom. The third-order valence-corrected chi connectivity index (χ3v) is 7.50. The number of methoxy groups -OCH3 is 1. The summed E-state index contributed by atoms with van der Waals surface area (Å²) in [5.41, 5.74) is -0.807. The largest absolute Gasteiger partial charge is 0.466 e. The molecule has 0 aromatic heterocycles. The van der Waals surface area contributed by atoms with Crippen LogP contribution in [0.1, 0.15) is 27.2 Å². The second-order valence-electron chi connectivity index (χ2n) is 9.30. The zero-order chi connectivity index (χ0) is 26.0. The molecule has 3 rings (SSSR count). The van der Waals surface area contributed by atoms with Crippen LogP contribution >= 0.6 is 0 Å². The van der Waals surface area contributed by atoms with Crippen molar-refractivity contribution in [2.24, 2.45) is 5.92 Å². The summed E-state index contributed by atoms with van der Waals surface area (Å²) in [5, 5.41) is 10.9. The monoisotopic (exact) mass is 507 g/mol. The molecule has 35 heavy (non-hydrogen) atoms. The average Bonchev–Trinajstić information content (AvgIpc) is 2.82. The summed E-state index contributed by atoms with van der Waals surface area (Å²) in [4.78, 5) is 37.0. The van der Waals surface area contributed by atoms with Crippen molar-refractivity contribution < 1.29 is 32.4 Å². The lowest BCUT2D eigenvalue weighted by Gasteiger charge is -2.41. The smallest absolute Gasteiger partial charge is 0.410 e. The first-order chi connectivity index (χ1) is 16.3. The van der Waals surface area contributed by atoms with Gasteiger partial charge in [-0.15, -0.1) is 0 Å². The molecule has 2 aliphatic rings. The molecule has 11 nitrogen and oxygen atoms in total. The molecule has 0 saturated heterocycles. The molecule has 0 fully saturated rings. The van der Waals surface area contributed by atoms with Gasteiger partial charge >= 0.3 is 12.1 Å². The van der Waals surface area contributed by atoms with Crippen LogP contribution in [-0.4, -0.2) is 73.0 Å². The van der Waals surface area contributed by atoms with Crippen LogP contribution in [-0.2, 0) is 24.3 Å². The standard InChI is InChI=1S/C23H29N3O8S/c1-23(2,3)34-22(28)25-12-6-5-7-20(25)16-13-17(21(27)33-4)15-24(14-16)35(31,32)19-10-8-18(9-11-19)26(29)30/h5-6,8-11,13,16,20H,7,12,14-15H2,1-4H3/t16-,20+/m0/s1. The second kappa shape index (κ2) is 10.2. The number of carbonyl (C=O) groups excluding carboxylic acids is 2. The molecule has 1 amide bonds. The van der Waals surface area contributed by atoms with Crippen LogP contribution in [0.5, 0.6) is 0 Å². The normalized spacial score (nSPS) is 21.3. The predicted octanol–water partition coefficient (Wildman–Crippen LogP) is 2.88. The van der Waals surface area contributed by atoms with Crippen molar-refractivity contribution in [3.63, 3.8) is 0 Å². The van der Waals surface area contributed by atoms with Crippen molar-refractivity contribution in [2.75, 3.05) is 26.7 Å². The summed E-state index contributed by atoms with van der Waals surface area (Å²) in [7, 11) is -2.90. The lowest BCUT2D eigenvalue weighted by atomic mass is 9.89. The van der Waals surface area contributed by atoms with Gasteiger partial charge in [-0.3, -0.25) is 10.1 Å². The molecule has 0 radical (unpaired) electrons. The number of benzene rings is 1. The van der Waals surface area contributed by atoms with E-state index in [1.807, 2.05) is 12.2 Å². The maximum Gasteiger partial charge on any atom is 0.410 e. The number of nitrogens with zero attached hydrogens (tertiary/aromatic N) is 3. The lowest BCUT2D eigenvalue weighted by Crippen LogP contribution is -2.52. The Bertz CT molecular complexity index is 1150. The van der Waals surface area contributed by atoms with E-state index in [2.05, 4.69) is 0 Å². The molecule has 0 aliphatic carbocycles. The van der Waals surface area contributed by atoms with Gasteiger partial charge in [0.2, 0.25) is 10.0 Å². The van der Waals surface area contributed by atoms with E-state index >= 15 is 0 Å². The van der Waals surface area contributed by atoms with Crippen LogP contribution < -0.4 is 0 Å². The average molecular weight is 508 g/mol. The molecule has 0 bridgehead atoms. The number of hydrogen-bond acceptors (Lipinski definition) is 8. The highest BCUT2D eigenvalue weighted by atomic mass is 32.2. The fraction of sp³-hybridized carbons (Fsp3) is 0.478. The summed E-state index contributed by atoms with van der Waals surface area (Å²) in [5.74, 6) is -1.20. The number of non-ortho nitro benzene ring substituents is 1. The molecule has 190 valence electrons. The van der Waals surface area contributed by atoms with Gasteiger partial charge in [0, 0.05) is 49.3 Å². The maximum atomic E-state index is 13.4. The Hall–Kier alpha value is -3.25. The van der Waals surface area contributed by atoms with Gasteiger partial charge in [-0.25, -0.2) is 18.0 Å². The van der Waals surface area contributed by atoms with Crippen molar-refractivity contribution in [2.45, 2.75) is 43.7 Å². The molecule has 0 saturated carbocycles. The van der Waals surface area contributed by atoms with Gasteiger partial charge in [0.05, 0.1) is 16.9 Å². The van der Waals surface area contributed by atoms with E-state index in [1.54, 1.807) is 26.8 Å². The third-order valence-electron chi connectivity index (χ3n) is 5.68. The van der Waals surface area contributed by atoms with Crippen molar-refractivity contribution >= 4 is 27.8 Å². The Labute approximate surface area is 204 Å². The zero-order valence-corrected chi connectivity index (χ0v) is 20.9. The fourth-order valence-corrected chi connectivity index (χ4v) is 5.50. The first kappa shape index (κ1) is 26.4. The topological polar surface area (TPSA) is 136 Å². The van der Waals surface area contributed by atoms with Crippen LogP contribution in [0.3, 0.4) is 0 Å². The number of nitro benzene ring substituents is 1. The molecule has 2 atom stereocenters. The molecule has 0 spiro atoms. The van der Waals surface area contributed by atoms with Crippen LogP contribution in [0.2, 0.25) is 0 Å². The molecule has 2 aliphatic heterocycles. The fourth-order valence-electron chi connectivity index (χ4n) is 4.04. The molecule has 2 heterocycles. The molecular formula is C23H29N3O8S. The van der Waals surface area contributed by atoms with E-state index < -0.39 is 44.6 Å². The number of esters is 1. The lowest BCUT2D eigenvalue weighted by molar-refractivity contribution is -0.384. The van der Waals surface area contributed by atoms with Gasteiger partial charge in [-0.05, 0) is 39.3 Å². The number of rotatable bonds is 5. The number of nitro groups is 1. The number of hydrogen-bond donors (Lipinski definition) is 0. The van der Waals surface area contributed by atoms with E-state index in [4.69, 9.17) is 9.47 Å². The number of amides is 1. The summed E-state index contributed by atoms with van der Waals surface area (Å²) in [6.07, 6.45) is 5.31. The SMILES string of the molecule is COC(=O)C1=C[C@H]([C@H]2CC=CCN2C(=O)OC(C)(C)C)CN(S(=O)(=O)c2ccc([N+](=O)[O-])cc2)C1. The summed E-state index contributed by atoms with van der Waals surface area (Å²) in [6.45, 7) is 5.33. The first-order valence-electron chi connectivity index (χ1n) is 11.0. The minimum atomic E-state index is -4.11. The molecule has 0 N–H and O–H groups in total. The van der Waals surface area contributed by atoms with Gasteiger partial charge in [-0.1, -0.05) is 18.2 Å². The second-order valence-corrected chi connectivity index (χ2v) is 11.2. The number of carbonyl (C=O) groups is 2. The molecule has 1 aromatic carbocycles. The quantitative estimate of drug-likeness (QED) is 0.257. The van der Waals surface area contributed by atoms with E-state index in [0.29, 0.717) is 6.42 Å². The Morgan fingerprint density at radius 1 is 1.14 bits per heavy atom. The van der Waals surface area contributed by atoms with Crippen LogP contribution in [0.4, 0.5) is 10.5 Å². The van der Waals surface area contributed by atoms with Crippen molar-refractivity contribution in [1.82, 2.24) is 9.21 Å². The van der Waals surface area contributed by atoms with E-state index in [1.165, 1.54) is 12.0 Å². The summed E-state index contributed by atoms with van der Waals surface area (Å²) in [6, 6.07) is 4.09. The first-order valence-corrected chi connectivity index (χ1v) is 12.5. The minimum absolute atomic E-state index is 0.00236. The van der Waals surface area contributed by atoms with Crippen LogP contribution in [0.25, 0.3) is 0 Å². The van der Waals surface area contributed by atoms with Gasteiger partial charge in [-0.2, -0.15) is 4.31 Å². The van der Waals surface area contributed by atoms with Crippen LogP contribution in [0, 0.1) is 16.0 Å². The summed E-state index contributed by atoms with van der Waals surface area (Å²) < 4.78 is 38.4. The van der Waals surface area contributed by atoms with Crippen molar-refractivity contribution in [3.8, 4) is 0 Å². The van der Waals surface area contributed by atoms with Gasteiger partial charge in [0.1, 0.15) is 5.60 Å². The van der Waals surface area contributed by atoms with Crippen molar-refractivity contribution in [3.05, 3.63) is 58.2 Å². The molecule has 1 aromatic rings. The van der Waals surface area contributed by atoms with Crippen molar-refractivity contribution in [1.29, 1.82) is 0 Å². The summed E-state index contributed by atoms with van der Waals surface area (Å²) >= 11 is 0. The van der Waals surface area contributed by atoms with E-state index in [-0.39, 0.29) is 35.8 Å². The predicted molar refractivity (Wildman–Crippen MR) is 126 cm³/mol. The van der Waals surface area contributed by atoms with Crippen LogP contribution in [0.15, 0.2) is 53.0 Å². The number of ether oxygens (including phenoxy) is 2. The molecule has 0 unspecified atom stereocenters. The van der Waals surface area contributed by atoms with Gasteiger partial charge in [0.25, 0.3) is 5.69 Å². The number of sulfonamides is 1. The van der Waals surface area contributed by atoms with E-state index in [9.17, 15) is 28.1 Å². The Morgan fingerprint density at radius 3 is 2.37 bits per heavy atom. The van der Waals surface area contributed by atoms with Gasteiger partial charge in [0.15, 0.2) is 0 Å². The molecular weight excluding hydrogens is 478 g/mol. The highest BCUT2D eigenvalue weighted by Crippen LogP contribution is 2.31. The van der Waals surface area contributed by atoms with Gasteiger partial charge < -0.3 is 14.4 Å².